The topological polar surface area (TPSA) is 55.1 Å². The summed E-state index contributed by atoms with van der Waals surface area (Å²) in [4.78, 5) is 12.5. The number of hydrogen-bond acceptors (Lipinski definition) is 3. The molecule has 0 saturated carbocycles. The van der Waals surface area contributed by atoms with Crippen molar-refractivity contribution < 1.29 is 4.79 Å². The average Bonchev–Trinajstić information content (AvgIpc) is 2.59. The first kappa shape index (κ1) is 11.2. The van der Waals surface area contributed by atoms with Crippen LogP contribution in [-0.2, 0) is 11.3 Å². The van der Waals surface area contributed by atoms with Crippen molar-refractivity contribution in [2.75, 3.05) is 0 Å². The van der Waals surface area contributed by atoms with Gasteiger partial charge >= 0.3 is 0 Å². The summed E-state index contributed by atoms with van der Waals surface area (Å²) in [6.45, 7) is 4.54. The zero-order valence-corrected chi connectivity index (χ0v) is 9.36. The zero-order chi connectivity index (χ0) is 10.6. The second-order valence-corrected chi connectivity index (χ2v) is 4.26. The van der Waals surface area contributed by atoms with Gasteiger partial charge in [-0.15, -0.1) is 11.3 Å². The molecular formula is C10H16N2OS. The predicted molar refractivity (Wildman–Crippen MR) is 59.2 cm³/mol. The maximum absolute atomic E-state index is 11.3. The molecule has 0 spiro atoms. The van der Waals surface area contributed by atoms with Crippen LogP contribution in [-0.4, -0.2) is 11.9 Å². The van der Waals surface area contributed by atoms with Gasteiger partial charge in [0, 0.05) is 4.88 Å². The van der Waals surface area contributed by atoms with Gasteiger partial charge in [-0.1, -0.05) is 6.92 Å². The Morgan fingerprint density at radius 2 is 2.43 bits per heavy atom. The van der Waals surface area contributed by atoms with Crippen LogP contribution < -0.4 is 11.1 Å². The molecule has 0 bridgehead atoms. The number of nitrogens with two attached hydrogens (primary N) is 1. The van der Waals surface area contributed by atoms with Crippen LogP contribution in [0.2, 0.25) is 0 Å². The predicted octanol–water partition coefficient (Wildman–Crippen LogP) is 1.41. The summed E-state index contributed by atoms with van der Waals surface area (Å²) in [6.07, 6.45) is 0.676. The van der Waals surface area contributed by atoms with Crippen molar-refractivity contribution >= 4 is 17.2 Å². The van der Waals surface area contributed by atoms with Crippen LogP contribution in [0.5, 0.6) is 0 Å². The molecule has 0 aliphatic carbocycles. The highest BCUT2D eigenvalue weighted by atomic mass is 32.1. The number of nitrogens with one attached hydrogen (secondary N) is 1. The first-order valence-corrected chi connectivity index (χ1v) is 5.59. The number of aryl methyl sites for hydroxylation is 1. The van der Waals surface area contributed by atoms with Crippen LogP contribution in [0.15, 0.2) is 11.4 Å². The highest BCUT2D eigenvalue weighted by Crippen LogP contribution is 2.14. The van der Waals surface area contributed by atoms with Crippen molar-refractivity contribution in [3.05, 3.63) is 21.9 Å². The van der Waals surface area contributed by atoms with Crippen LogP contribution >= 0.6 is 11.3 Å². The molecule has 0 aliphatic heterocycles. The van der Waals surface area contributed by atoms with Crippen molar-refractivity contribution in [2.45, 2.75) is 32.9 Å². The Morgan fingerprint density at radius 1 is 1.71 bits per heavy atom. The van der Waals surface area contributed by atoms with Crippen molar-refractivity contribution in [2.24, 2.45) is 5.73 Å². The minimum Gasteiger partial charge on any atom is -0.350 e. The lowest BCUT2D eigenvalue weighted by Gasteiger charge is -2.09. The Morgan fingerprint density at radius 3 is 2.93 bits per heavy atom. The Labute approximate surface area is 88.3 Å². The van der Waals surface area contributed by atoms with Crippen LogP contribution in [0.4, 0.5) is 0 Å². The Kier molecular flexibility index (Phi) is 4.10. The van der Waals surface area contributed by atoms with Gasteiger partial charge in [0.25, 0.3) is 0 Å². The summed E-state index contributed by atoms with van der Waals surface area (Å²) in [5, 5.41) is 4.85. The average molecular weight is 212 g/mol. The minimum atomic E-state index is -0.379. The van der Waals surface area contributed by atoms with Gasteiger partial charge < -0.3 is 11.1 Å². The van der Waals surface area contributed by atoms with Gasteiger partial charge in [-0.3, -0.25) is 4.79 Å². The lowest BCUT2D eigenvalue weighted by atomic mass is 10.2. The summed E-state index contributed by atoms with van der Waals surface area (Å²) < 4.78 is 0. The van der Waals surface area contributed by atoms with Gasteiger partial charge in [0.05, 0.1) is 12.6 Å². The smallest absolute Gasteiger partial charge is 0.237 e. The fraction of sp³-hybridized carbons (Fsp3) is 0.500. The third kappa shape index (κ3) is 2.82. The largest absolute Gasteiger partial charge is 0.350 e. The molecule has 1 atom stereocenters. The summed E-state index contributed by atoms with van der Waals surface area (Å²) in [7, 11) is 0. The van der Waals surface area contributed by atoms with Crippen molar-refractivity contribution in [3.63, 3.8) is 0 Å². The Balaban J connectivity index is 2.41. The van der Waals surface area contributed by atoms with E-state index in [2.05, 4.69) is 5.32 Å². The molecule has 4 heteroatoms. The van der Waals surface area contributed by atoms with Crippen LogP contribution in [0, 0.1) is 6.92 Å². The van der Waals surface area contributed by atoms with E-state index in [1.54, 1.807) is 11.3 Å². The SMILES string of the molecule is CCC(N)C(=O)NCc1sccc1C. The molecule has 1 amide bonds. The number of amides is 1. The maximum Gasteiger partial charge on any atom is 0.237 e. The number of hydrogen-bond donors (Lipinski definition) is 2. The lowest BCUT2D eigenvalue weighted by molar-refractivity contribution is -0.122. The molecular weight excluding hydrogens is 196 g/mol. The van der Waals surface area contributed by atoms with Crippen LogP contribution in [0.25, 0.3) is 0 Å². The third-order valence-corrected chi connectivity index (χ3v) is 3.19. The number of rotatable bonds is 4. The Bertz CT molecular complexity index is 309. The lowest BCUT2D eigenvalue weighted by Crippen LogP contribution is -2.39. The normalized spacial score (nSPS) is 12.5. The molecule has 78 valence electrons. The molecule has 1 rings (SSSR count). The molecule has 1 heterocycles. The fourth-order valence-corrected chi connectivity index (χ4v) is 1.91. The van der Waals surface area contributed by atoms with Gasteiger partial charge in [-0.25, -0.2) is 0 Å². The van der Waals surface area contributed by atoms with Gasteiger partial charge in [0.2, 0.25) is 5.91 Å². The van der Waals surface area contributed by atoms with E-state index in [4.69, 9.17) is 5.73 Å². The zero-order valence-electron chi connectivity index (χ0n) is 8.54. The molecule has 0 aromatic carbocycles. The third-order valence-electron chi connectivity index (χ3n) is 2.17. The fourth-order valence-electron chi connectivity index (χ4n) is 1.07. The summed E-state index contributed by atoms with van der Waals surface area (Å²) in [5.41, 5.74) is 6.81. The second-order valence-electron chi connectivity index (χ2n) is 3.26. The molecule has 1 aromatic heterocycles. The highest BCUT2D eigenvalue weighted by molar-refractivity contribution is 7.10. The molecule has 1 unspecified atom stereocenters. The molecule has 0 saturated heterocycles. The van der Waals surface area contributed by atoms with Crippen molar-refractivity contribution in [1.29, 1.82) is 0 Å². The van der Waals surface area contributed by atoms with Crippen molar-refractivity contribution in [3.8, 4) is 0 Å². The molecule has 1 aromatic rings. The molecule has 3 nitrogen and oxygen atoms in total. The summed E-state index contributed by atoms with van der Waals surface area (Å²) in [6, 6.07) is 1.67. The molecule has 0 radical (unpaired) electrons. The standard InChI is InChI=1S/C10H16N2OS/c1-3-8(11)10(13)12-6-9-7(2)4-5-14-9/h4-5,8H,3,6,11H2,1-2H3,(H,12,13). The van der Waals surface area contributed by atoms with Gasteiger partial charge in [-0.2, -0.15) is 0 Å². The van der Waals surface area contributed by atoms with Gasteiger partial charge in [0.15, 0.2) is 0 Å². The molecule has 14 heavy (non-hydrogen) atoms. The van der Waals surface area contributed by atoms with E-state index in [0.29, 0.717) is 13.0 Å². The van der Waals surface area contributed by atoms with Crippen LogP contribution in [0.3, 0.4) is 0 Å². The first-order valence-electron chi connectivity index (χ1n) is 4.71. The number of carbonyl (C=O) groups excluding carboxylic acids is 1. The van der Waals surface area contributed by atoms with E-state index in [0.717, 1.165) is 0 Å². The van der Waals surface area contributed by atoms with Crippen molar-refractivity contribution in [1.82, 2.24) is 5.32 Å². The number of thiophene rings is 1. The van der Waals surface area contributed by atoms with E-state index in [1.807, 2.05) is 25.3 Å². The summed E-state index contributed by atoms with van der Waals surface area (Å²) in [5.74, 6) is -0.0692. The number of carbonyl (C=O) groups is 1. The van der Waals surface area contributed by atoms with E-state index in [9.17, 15) is 4.79 Å². The Hall–Kier alpha value is -0.870. The second kappa shape index (κ2) is 5.12. The van der Waals surface area contributed by atoms with E-state index in [-0.39, 0.29) is 11.9 Å². The van der Waals surface area contributed by atoms with Gasteiger partial charge in [-0.05, 0) is 30.4 Å². The molecule has 0 fully saturated rings. The van der Waals surface area contributed by atoms with Crippen LogP contribution in [0.1, 0.15) is 23.8 Å². The maximum atomic E-state index is 11.3. The van der Waals surface area contributed by atoms with E-state index >= 15 is 0 Å². The quantitative estimate of drug-likeness (QED) is 0.793. The van der Waals surface area contributed by atoms with E-state index in [1.165, 1.54) is 10.4 Å². The van der Waals surface area contributed by atoms with Gasteiger partial charge in [0.1, 0.15) is 0 Å². The highest BCUT2D eigenvalue weighted by Gasteiger charge is 2.10. The van der Waals surface area contributed by atoms with E-state index < -0.39 is 0 Å². The molecule has 3 N–H and O–H groups in total. The minimum absolute atomic E-state index is 0.0692. The monoisotopic (exact) mass is 212 g/mol. The summed E-state index contributed by atoms with van der Waals surface area (Å²) >= 11 is 1.66. The molecule has 0 aliphatic rings. The first-order chi connectivity index (χ1) is 6.65.